The molecule has 4 heteroatoms. The summed E-state index contributed by atoms with van der Waals surface area (Å²) in [6.45, 7) is 8.48. The number of carbonyl (C=O) groups is 1. The Hall–Kier alpha value is -2.67. The summed E-state index contributed by atoms with van der Waals surface area (Å²) in [6.07, 6.45) is 16.8. The molecule has 0 radical (unpaired) electrons. The molecular weight excluding hydrogens is 362 g/mol. The second kappa shape index (κ2) is 10.2. The number of terminal acetylenes is 1. The summed E-state index contributed by atoms with van der Waals surface area (Å²) in [5.41, 5.74) is 2.49. The van der Waals surface area contributed by atoms with E-state index in [2.05, 4.69) is 38.1 Å². The number of phenols is 1. The monoisotopic (exact) mass is 395 g/mol. The van der Waals surface area contributed by atoms with Crippen molar-refractivity contribution in [3.05, 3.63) is 40.5 Å². The molecule has 0 fully saturated rings. The molecule has 1 aromatic rings. The van der Waals surface area contributed by atoms with E-state index in [4.69, 9.17) is 11.2 Å². The van der Waals surface area contributed by atoms with Crippen molar-refractivity contribution in [1.82, 2.24) is 5.32 Å². The van der Waals surface area contributed by atoms with E-state index in [9.17, 15) is 9.90 Å². The van der Waals surface area contributed by atoms with Gasteiger partial charge in [-0.3, -0.25) is 4.79 Å². The number of amides is 1. The number of ether oxygens (including phenoxy) is 1. The van der Waals surface area contributed by atoms with E-state index in [1.807, 2.05) is 25.1 Å². The van der Waals surface area contributed by atoms with Gasteiger partial charge in [0.1, 0.15) is 17.1 Å². The molecule has 1 atom stereocenters. The number of aryl methyl sites for hydroxylation is 1. The molecule has 0 saturated carbocycles. The Labute approximate surface area is 175 Å². The Morgan fingerprint density at radius 2 is 2.14 bits per heavy atom. The molecule has 1 amide bonds. The molecule has 2 rings (SSSR count). The van der Waals surface area contributed by atoms with Crippen LogP contribution in [-0.4, -0.2) is 23.2 Å². The Morgan fingerprint density at radius 3 is 2.79 bits per heavy atom. The summed E-state index contributed by atoms with van der Waals surface area (Å²) < 4.78 is 6.30. The van der Waals surface area contributed by atoms with E-state index < -0.39 is 5.60 Å². The van der Waals surface area contributed by atoms with Crippen molar-refractivity contribution in [1.29, 1.82) is 0 Å². The number of hydrogen-bond acceptors (Lipinski definition) is 3. The van der Waals surface area contributed by atoms with Crippen molar-refractivity contribution < 1.29 is 14.6 Å². The predicted molar refractivity (Wildman–Crippen MR) is 119 cm³/mol. The number of fused-ring (bicyclic) bond motifs is 1. The van der Waals surface area contributed by atoms with Gasteiger partial charge in [-0.2, -0.15) is 0 Å². The maximum absolute atomic E-state index is 12.7. The summed E-state index contributed by atoms with van der Waals surface area (Å²) in [5, 5.41) is 13.6. The van der Waals surface area contributed by atoms with Crippen LogP contribution >= 0.6 is 0 Å². The number of nitrogens with one attached hydrogen (secondary N) is 1. The molecule has 1 aliphatic heterocycles. The summed E-state index contributed by atoms with van der Waals surface area (Å²) in [5.74, 6) is 2.65. The lowest BCUT2D eigenvalue weighted by Gasteiger charge is -2.32. The molecule has 1 aromatic carbocycles. The van der Waals surface area contributed by atoms with E-state index in [1.165, 1.54) is 5.57 Å². The quantitative estimate of drug-likeness (QED) is 0.334. The fourth-order valence-electron chi connectivity index (χ4n) is 3.52. The molecule has 1 heterocycles. The highest BCUT2D eigenvalue weighted by Crippen LogP contribution is 2.42. The third-order valence-corrected chi connectivity index (χ3v) is 5.15. The Balaban J connectivity index is 2.38. The molecule has 0 spiro atoms. The topological polar surface area (TPSA) is 58.6 Å². The largest absolute Gasteiger partial charge is 0.506 e. The van der Waals surface area contributed by atoms with Crippen LogP contribution in [0.15, 0.2) is 23.8 Å². The van der Waals surface area contributed by atoms with Crippen molar-refractivity contribution in [3.63, 3.8) is 0 Å². The van der Waals surface area contributed by atoms with Gasteiger partial charge < -0.3 is 15.2 Å². The average molecular weight is 396 g/mol. The standard InChI is InChI=1S/C25H33NO3/c1-6-8-9-12-19-17-21-20(23(27)22(19)24(28)26-16-7-2)13-15-25(5,29-21)14-10-11-18(3)4/h2,11,13,15,17,27H,6,8-10,12,14,16H2,1,3-5H3,(H,26,28). The van der Waals surface area contributed by atoms with Crippen molar-refractivity contribution >= 4 is 12.0 Å². The zero-order valence-corrected chi connectivity index (χ0v) is 18.1. The zero-order valence-electron chi connectivity index (χ0n) is 18.1. The van der Waals surface area contributed by atoms with Crippen LogP contribution in [0.5, 0.6) is 11.5 Å². The van der Waals surface area contributed by atoms with Crippen LogP contribution in [0.3, 0.4) is 0 Å². The first-order chi connectivity index (χ1) is 13.8. The number of allylic oxidation sites excluding steroid dienone is 2. The third kappa shape index (κ3) is 5.90. The van der Waals surface area contributed by atoms with Crippen molar-refractivity contribution in [2.24, 2.45) is 0 Å². The van der Waals surface area contributed by atoms with Gasteiger partial charge in [0.05, 0.1) is 17.7 Å². The third-order valence-electron chi connectivity index (χ3n) is 5.15. The van der Waals surface area contributed by atoms with Crippen LogP contribution in [-0.2, 0) is 6.42 Å². The van der Waals surface area contributed by atoms with E-state index >= 15 is 0 Å². The number of carbonyl (C=O) groups excluding carboxylic acids is 1. The number of rotatable bonds is 9. The van der Waals surface area contributed by atoms with E-state index in [-0.39, 0.29) is 18.2 Å². The first-order valence-corrected chi connectivity index (χ1v) is 10.4. The van der Waals surface area contributed by atoms with Gasteiger partial charge in [0, 0.05) is 0 Å². The first-order valence-electron chi connectivity index (χ1n) is 10.4. The fraction of sp³-hybridized carbons (Fsp3) is 0.480. The van der Waals surface area contributed by atoms with Gasteiger partial charge in [0.25, 0.3) is 5.91 Å². The Bertz CT molecular complexity index is 841. The number of benzene rings is 1. The molecule has 4 nitrogen and oxygen atoms in total. The smallest absolute Gasteiger partial charge is 0.256 e. The number of hydrogen-bond donors (Lipinski definition) is 2. The van der Waals surface area contributed by atoms with Crippen LogP contribution in [0.4, 0.5) is 0 Å². The summed E-state index contributed by atoms with van der Waals surface area (Å²) in [4.78, 5) is 12.7. The van der Waals surface area contributed by atoms with Crippen molar-refractivity contribution in [2.75, 3.05) is 6.54 Å². The van der Waals surface area contributed by atoms with Crippen LogP contribution in [0.1, 0.15) is 81.3 Å². The lowest BCUT2D eigenvalue weighted by atomic mass is 9.91. The Kier molecular flexibility index (Phi) is 7.96. The summed E-state index contributed by atoms with van der Waals surface area (Å²) in [6, 6.07) is 1.91. The van der Waals surface area contributed by atoms with Gasteiger partial charge in [-0.1, -0.05) is 37.3 Å². The van der Waals surface area contributed by atoms with Gasteiger partial charge in [-0.15, -0.1) is 6.42 Å². The van der Waals surface area contributed by atoms with Crippen LogP contribution in [0, 0.1) is 12.3 Å². The summed E-state index contributed by atoms with van der Waals surface area (Å²) >= 11 is 0. The highest BCUT2D eigenvalue weighted by molar-refractivity contribution is 6.00. The highest BCUT2D eigenvalue weighted by atomic mass is 16.5. The van der Waals surface area contributed by atoms with Gasteiger partial charge in [0.2, 0.25) is 0 Å². The molecule has 2 N–H and O–H groups in total. The summed E-state index contributed by atoms with van der Waals surface area (Å²) in [7, 11) is 0. The first kappa shape index (κ1) is 22.6. The van der Waals surface area contributed by atoms with Crippen molar-refractivity contribution in [2.45, 2.75) is 71.8 Å². The van der Waals surface area contributed by atoms with Crippen molar-refractivity contribution in [3.8, 4) is 23.8 Å². The highest BCUT2D eigenvalue weighted by Gasteiger charge is 2.31. The van der Waals surface area contributed by atoms with E-state index in [0.717, 1.165) is 37.7 Å². The molecule has 156 valence electrons. The van der Waals surface area contributed by atoms with Crippen LogP contribution < -0.4 is 10.1 Å². The van der Waals surface area contributed by atoms with Gasteiger partial charge in [-0.25, -0.2) is 0 Å². The molecule has 1 aliphatic rings. The molecule has 0 aliphatic carbocycles. The number of unbranched alkanes of at least 4 members (excludes halogenated alkanes) is 2. The zero-order chi connectivity index (χ0) is 21.4. The SMILES string of the molecule is C#CCNC(=O)c1c(CCCCC)cc2c(c1O)C=CC(C)(CCC=C(C)C)O2. The van der Waals surface area contributed by atoms with E-state index in [0.29, 0.717) is 23.3 Å². The fourth-order valence-corrected chi connectivity index (χ4v) is 3.52. The lowest BCUT2D eigenvalue weighted by Crippen LogP contribution is -2.32. The molecule has 0 aromatic heterocycles. The number of phenolic OH excluding ortho intramolecular Hbond substituents is 1. The van der Waals surface area contributed by atoms with Gasteiger partial charge >= 0.3 is 0 Å². The molecule has 29 heavy (non-hydrogen) atoms. The minimum Gasteiger partial charge on any atom is -0.506 e. The second-order valence-electron chi connectivity index (χ2n) is 8.08. The molecule has 0 saturated heterocycles. The normalized spacial score (nSPS) is 17.1. The second-order valence-corrected chi connectivity index (χ2v) is 8.08. The van der Waals surface area contributed by atoms with Gasteiger partial charge in [-0.05, 0) is 70.2 Å². The minimum atomic E-state index is -0.445. The predicted octanol–water partition coefficient (Wildman–Crippen LogP) is 5.40. The maximum atomic E-state index is 12.7. The maximum Gasteiger partial charge on any atom is 0.256 e. The molecule has 0 bridgehead atoms. The molecule has 1 unspecified atom stereocenters. The Morgan fingerprint density at radius 1 is 1.38 bits per heavy atom. The number of aromatic hydroxyl groups is 1. The molecular formula is C25H33NO3. The van der Waals surface area contributed by atoms with E-state index in [1.54, 1.807) is 0 Å². The minimum absolute atomic E-state index is 0.0360. The van der Waals surface area contributed by atoms with Crippen LogP contribution in [0.2, 0.25) is 0 Å². The lowest BCUT2D eigenvalue weighted by molar-refractivity contribution is 0.0954. The average Bonchev–Trinajstić information content (AvgIpc) is 2.65. The van der Waals surface area contributed by atoms with Gasteiger partial charge in [0.15, 0.2) is 0 Å². The van der Waals surface area contributed by atoms with Crippen LogP contribution in [0.25, 0.3) is 6.08 Å².